The van der Waals surface area contributed by atoms with E-state index in [1.54, 1.807) is 0 Å². The Kier molecular flexibility index (Phi) is 6.36. The van der Waals surface area contributed by atoms with E-state index in [-0.39, 0.29) is 11.8 Å². The van der Waals surface area contributed by atoms with Gasteiger partial charge in [-0.25, -0.2) is 0 Å². The van der Waals surface area contributed by atoms with Gasteiger partial charge in [0.05, 0.1) is 12.2 Å². The molecule has 2 rings (SSSR count). The molecule has 7 heteroatoms. The summed E-state index contributed by atoms with van der Waals surface area (Å²) < 4.78 is 1.87. The molecule has 1 aliphatic rings. The molecule has 0 spiro atoms. The lowest BCUT2D eigenvalue weighted by atomic mass is 10.1. The van der Waals surface area contributed by atoms with Crippen molar-refractivity contribution >= 4 is 11.8 Å². The van der Waals surface area contributed by atoms with Crippen molar-refractivity contribution in [1.29, 1.82) is 0 Å². The largest absolute Gasteiger partial charge is 0.355 e. The number of likely N-dealkylation sites (N-methyl/N-ethyl adjacent to an activating group) is 1. The third-order valence-electron chi connectivity index (χ3n) is 4.71. The maximum Gasteiger partial charge on any atom is 0.234 e. The normalized spacial score (nSPS) is 15.6. The molecule has 2 heterocycles. The van der Waals surface area contributed by atoms with Crippen molar-refractivity contribution < 1.29 is 9.59 Å². The molecule has 1 N–H and O–H groups in total. The second kappa shape index (κ2) is 8.28. The monoisotopic (exact) mass is 335 g/mol. The number of carbonyl (C=O) groups excluding carboxylic acids is 2. The van der Waals surface area contributed by atoms with E-state index in [0.29, 0.717) is 32.6 Å². The van der Waals surface area contributed by atoms with Crippen molar-refractivity contribution in [2.75, 3.05) is 39.3 Å². The minimum absolute atomic E-state index is 0.0554. The average molecular weight is 335 g/mol. The van der Waals surface area contributed by atoms with E-state index >= 15 is 0 Å². The zero-order valence-electron chi connectivity index (χ0n) is 15.3. The molecule has 0 radical (unpaired) electrons. The van der Waals surface area contributed by atoms with E-state index < -0.39 is 0 Å². The third-order valence-corrected chi connectivity index (χ3v) is 4.71. The fraction of sp³-hybridized carbons (Fsp3) is 0.706. The maximum atomic E-state index is 12.4. The second-order valence-electron chi connectivity index (χ2n) is 6.38. The number of hydrogen-bond donors (Lipinski definition) is 1. The number of nitrogens with zero attached hydrogens (tertiary/aromatic N) is 4. The first-order chi connectivity index (χ1) is 11.4. The van der Waals surface area contributed by atoms with Crippen LogP contribution in [-0.2, 0) is 23.1 Å². The van der Waals surface area contributed by atoms with Gasteiger partial charge in [-0.05, 0) is 32.8 Å². The van der Waals surface area contributed by atoms with Gasteiger partial charge in [-0.3, -0.25) is 19.2 Å². The van der Waals surface area contributed by atoms with Crippen LogP contribution in [0.2, 0.25) is 0 Å². The van der Waals surface area contributed by atoms with E-state index in [1.807, 2.05) is 37.4 Å². The van der Waals surface area contributed by atoms with Gasteiger partial charge in [0.25, 0.3) is 0 Å². The highest BCUT2D eigenvalue weighted by Crippen LogP contribution is 2.15. The molecule has 0 saturated carbocycles. The third kappa shape index (κ3) is 4.56. The van der Waals surface area contributed by atoms with Crippen LogP contribution in [-0.4, -0.2) is 70.7 Å². The molecule has 0 aliphatic carbocycles. The zero-order valence-corrected chi connectivity index (χ0v) is 15.3. The van der Waals surface area contributed by atoms with Crippen LogP contribution in [0.3, 0.4) is 0 Å². The number of aryl methyl sites for hydroxylation is 2. The van der Waals surface area contributed by atoms with Crippen LogP contribution in [0, 0.1) is 13.8 Å². The van der Waals surface area contributed by atoms with Gasteiger partial charge in [0.2, 0.25) is 11.8 Å². The average Bonchev–Trinajstić information content (AvgIpc) is 2.78. The fourth-order valence-electron chi connectivity index (χ4n) is 3.18. The molecule has 1 aromatic heterocycles. The molecule has 7 nitrogen and oxygen atoms in total. The SMILES string of the molecule is CCNC(=O)CN1CCN(C(=O)CCc2c(C)nn(C)c2C)CC1. The molecule has 24 heavy (non-hydrogen) atoms. The number of rotatable bonds is 6. The van der Waals surface area contributed by atoms with Gasteiger partial charge in [-0.15, -0.1) is 0 Å². The molecule has 1 aliphatic heterocycles. The fourth-order valence-corrected chi connectivity index (χ4v) is 3.18. The van der Waals surface area contributed by atoms with E-state index in [0.717, 1.165) is 30.9 Å². The predicted molar refractivity (Wildman–Crippen MR) is 92.7 cm³/mol. The summed E-state index contributed by atoms with van der Waals surface area (Å²) in [5.74, 6) is 0.245. The summed E-state index contributed by atoms with van der Waals surface area (Å²) in [6, 6.07) is 0. The molecule has 0 aromatic carbocycles. The van der Waals surface area contributed by atoms with Crippen LogP contribution in [0.25, 0.3) is 0 Å². The topological polar surface area (TPSA) is 70.5 Å². The van der Waals surface area contributed by atoms with E-state index in [4.69, 9.17) is 0 Å². The van der Waals surface area contributed by atoms with Gasteiger partial charge >= 0.3 is 0 Å². The lowest BCUT2D eigenvalue weighted by molar-refractivity contribution is -0.133. The van der Waals surface area contributed by atoms with Crippen LogP contribution >= 0.6 is 0 Å². The number of amides is 2. The van der Waals surface area contributed by atoms with Crippen molar-refractivity contribution in [2.45, 2.75) is 33.6 Å². The van der Waals surface area contributed by atoms with Gasteiger partial charge in [0.1, 0.15) is 0 Å². The molecule has 2 amide bonds. The van der Waals surface area contributed by atoms with Gasteiger partial charge in [0, 0.05) is 51.9 Å². The molecule has 1 aromatic rings. The summed E-state index contributed by atoms with van der Waals surface area (Å²) in [6.07, 6.45) is 1.26. The smallest absolute Gasteiger partial charge is 0.234 e. The summed E-state index contributed by atoms with van der Waals surface area (Å²) in [6.45, 7) is 9.94. The molecule has 1 saturated heterocycles. The molecule has 0 atom stereocenters. The van der Waals surface area contributed by atoms with Crippen molar-refractivity contribution in [2.24, 2.45) is 7.05 Å². The Morgan fingerprint density at radius 2 is 1.83 bits per heavy atom. The van der Waals surface area contributed by atoms with Crippen molar-refractivity contribution in [3.63, 3.8) is 0 Å². The highest BCUT2D eigenvalue weighted by atomic mass is 16.2. The highest BCUT2D eigenvalue weighted by molar-refractivity contribution is 5.78. The van der Waals surface area contributed by atoms with Crippen LogP contribution in [0.5, 0.6) is 0 Å². The molecule has 1 fully saturated rings. The summed E-state index contributed by atoms with van der Waals surface area (Å²) in [7, 11) is 1.93. The van der Waals surface area contributed by atoms with Crippen molar-refractivity contribution in [3.05, 3.63) is 17.0 Å². The zero-order chi connectivity index (χ0) is 17.7. The number of carbonyl (C=O) groups is 2. The Hall–Kier alpha value is -1.89. The Bertz CT molecular complexity index is 588. The quantitative estimate of drug-likeness (QED) is 0.809. The summed E-state index contributed by atoms with van der Waals surface area (Å²) >= 11 is 0. The Morgan fingerprint density at radius 3 is 2.38 bits per heavy atom. The number of nitrogens with one attached hydrogen (secondary N) is 1. The lowest BCUT2D eigenvalue weighted by Crippen LogP contribution is -2.51. The van der Waals surface area contributed by atoms with Crippen molar-refractivity contribution in [1.82, 2.24) is 24.9 Å². The van der Waals surface area contributed by atoms with Gasteiger partial charge in [0.15, 0.2) is 0 Å². The molecule has 134 valence electrons. The Morgan fingerprint density at radius 1 is 1.17 bits per heavy atom. The summed E-state index contributed by atoms with van der Waals surface area (Å²) in [5.41, 5.74) is 3.32. The van der Waals surface area contributed by atoms with Crippen LogP contribution in [0.15, 0.2) is 0 Å². The second-order valence-corrected chi connectivity index (χ2v) is 6.38. The van der Waals surface area contributed by atoms with E-state index in [9.17, 15) is 9.59 Å². The van der Waals surface area contributed by atoms with Crippen LogP contribution < -0.4 is 5.32 Å². The van der Waals surface area contributed by atoms with Crippen LogP contribution in [0.4, 0.5) is 0 Å². The van der Waals surface area contributed by atoms with E-state index in [1.165, 1.54) is 5.56 Å². The maximum absolute atomic E-state index is 12.4. The van der Waals surface area contributed by atoms with Crippen LogP contribution in [0.1, 0.15) is 30.3 Å². The number of aromatic nitrogens is 2. The Labute approximate surface area is 144 Å². The predicted octanol–water partition coefficient (Wildman–Crippen LogP) is 0.250. The van der Waals surface area contributed by atoms with Gasteiger partial charge < -0.3 is 10.2 Å². The first kappa shape index (κ1) is 18.4. The first-order valence-corrected chi connectivity index (χ1v) is 8.68. The minimum Gasteiger partial charge on any atom is -0.355 e. The minimum atomic E-state index is 0.0554. The number of hydrogen-bond acceptors (Lipinski definition) is 4. The highest BCUT2D eigenvalue weighted by Gasteiger charge is 2.22. The van der Waals surface area contributed by atoms with Crippen molar-refractivity contribution in [3.8, 4) is 0 Å². The summed E-state index contributed by atoms with van der Waals surface area (Å²) in [5, 5.41) is 7.21. The molecular weight excluding hydrogens is 306 g/mol. The van der Waals surface area contributed by atoms with Gasteiger partial charge in [-0.2, -0.15) is 5.10 Å². The summed E-state index contributed by atoms with van der Waals surface area (Å²) in [4.78, 5) is 28.1. The van der Waals surface area contributed by atoms with E-state index in [2.05, 4.69) is 15.3 Å². The standard InChI is InChI=1S/C17H29N5O2/c1-5-18-16(23)12-21-8-10-22(11-9-21)17(24)7-6-15-13(2)19-20(4)14(15)3/h5-12H2,1-4H3,(H,18,23). The van der Waals surface area contributed by atoms with Gasteiger partial charge in [-0.1, -0.05) is 0 Å². The Balaban J connectivity index is 1.77. The first-order valence-electron chi connectivity index (χ1n) is 8.68. The molecule has 0 unspecified atom stereocenters. The molecule has 0 bridgehead atoms. The molecular formula is C17H29N5O2. The number of piperazine rings is 1. The lowest BCUT2D eigenvalue weighted by Gasteiger charge is -2.34.